The van der Waals surface area contributed by atoms with Crippen LogP contribution in [0.2, 0.25) is 0 Å². The van der Waals surface area contributed by atoms with Crippen LogP contribution < -0.4 is 20.3 Å². The average molecular weight is 317 g/mol. The van der Waals surface area contributed by atoms with E-state index < -0.39 is 0 Å². The Labute approximate surface area is 138 Å². The van der Waals surface area contributed by atoms with Crippen molar-refractivity contribution in [1.29, 1.82) is 0 Å². The molecule has 0 aliphatic carbocycles. The van der Waals surface area contributed by atoms with Gasteiger partial charge in [0.2, 0.25) is 5.91 Å². The third-order valence-corrected chi connectivity index (χ3v) is 4.91. The van der Waals surface area contributed by atoms with Gasteiger partial charge in [-0.3, -0.25) is 4.79 Å². The van der Waals surface area contributed by atoms with E-state index in [1.807, 2.05) is 12.1 Å². The third-order valence-electron chi connectivity index (χ3n) is 4.91. The molecule has 1 amide bonds. The molecule has 0 spiro atoms. The van der Waals surface area contributed by atoms with Gasteiger partial charge in [0, 0.05) is 37.3 Å². The molecule has 2 atom stereocenters. The maximum atomic E-state index is 12.1. The minimum Gasteiger partial charge on any atom is -0.497 e. The summed E-state index contributed by atoms with van der Waals surface area (Å²) in [7, 11) is 1.69. The Morgan fingerprint density at radius 2 is 2.35 bits per heavy atom. The molecule has 3 rings (SSSR count). The molecule has 126 valence electrons. The summed E-state index contributed by atoms with van der Waals surface area (Å²) in [5.41, 5.74) is 1.16. The van der Waals surface area contributed by atoms with Gasteiger partial charge in [-0.1, -0.05) is 6.07 Å². The van der Waals surface area contributed by atoms with Crippen LogP contribution in [0.15, 0.2) is 24.3 Å². The van der Waals surface area contributed by atoms with E-state index >= 15 is 0 Å². The molecule has 23 heavy (non-hydrogen) atoms. The van der Waals surface area contributed by atoms with E-state index in [2.05, 4.69) is 27.7 Å². The number of nitrogens with one attached hydrogen (secondary N) is 2. The molecule has 5 nitrogen and oxygen atoms in total. The Morgan fingerprint density at radius 3 is 3.13 bits per heavy atom. The van der Waals surface area contributed by atoms with Crippen LogP contribution in [0.25, 0.3) is 0 Å². The number of ether oxygens (including phenoxy) is 1. The quantitative estimate of drug-likeness (QED) is 0.840. The summed E-state index contributed by atoms with van der Waals surface area (Å²) >= 11 is 0. The summed E-state index contributed by atoms with van der Waals surface area (Å²) in [6.45, 7) is 4.03. The maximum absolute atomic E-state index is 12.1. The van der Waals surface area contributed by atoms with Crippen LogP contribution in [0.1, 0.15) is 25.7 Å². The highest BCUT2D eigenvalue weighted by molar-refractivity contribution is 5.76. The molecule has 1 aromatic rings. The van der Waals surface area contributed by atoms with Crippen molar-refractivity contribution < 1.29 is 9.53 Å². The topological polar surface area (TPSA) is 53.6 Å². The van der Waals surface area contributed by atoms with Gasteiger partial charge in [0.15, 0.2) is 0 Å². The summed E-state index contributed by atoms with van der Waals surface area (Å²) in [4.78, 5) is 14.4. The number of carbonyl (C=O) groups excluding carboxylic acids is 1. The van der Waals surface area contributed by atoms with Crippen LogP contribution in [0, 0.1) is 5.92 Å². The second kappa shape index (κ2) is 7.68. The Hall–Kier alpha value is -1.75. The average Bonchev–Trinajstić information content (AvgIpc) is 3.25. The van der Waals surface area contributed by atoms with Crippen LogP contribution in [0.3, 0.4) is 0 Å². The fourth-order valence-electron chi connectivity index (χ4n) is 3.52. The molecular formula is C18H27N3O2. The first-order chi connectivity index (χ1) is 11.2. The van der Waals surface area contributed by atoms with Crippen LogP contribution in [0.5, 0.6) is 5.75 Å². The first-order valence-electron chi connectivity index (χ1n) is 8.63. The Balaban J connectivity index is 1.44. The molecule has 0 saturated carbocycles. The van der Waals surface area contributed by atoms with E-state index in [0.29, 0.717) is 12.3 Å². The van der Waals surface area contributed by atoms with Gasteiger partial charge in [0.1, 0.15) is 5.75 Å². The normalized spacial score (nSPS) is 24.0. The highest BCUT2D eigenvalue weighted by Gasteiger charge is 2.24. The first-order valence-corrected chi connectivity index (χ1v) is 8.63. The summed E-state index contributed by atoms with van der Waals surface area (Å²) in [6.07, 6.45) is 3.88. The fourth-order valence-corrected chi connectivity index (χ4v) is 3.52. The molecule has 5 heteroatoms. The minimum atomic E-state index is 0.203. The standard InChI is InChI=1S/C18H27N3O2/c1-23-17-4-2-3-16(11-17)21-10-8-15(13-21)20-18(22)6-5-14-7-9-19-12-14/h2-4,11,14-15,19H,5-10,12-13H2,1H3,(H,20,22). The lowest BCUT2D eigenvalue weighted by molar-refractivity contribution is -0.121. The van der Waals surface area contributed by atoms with Crippen LogP contribution in [-0.2, 0) is 4.79 Å². The number of hydrogen-bond donors (Lipinski definition) is 2. The molecular weight excluding hydrogens is 290 g/mol. The molecule has 2 aliphatic rings. The second-order valence-corrected chi connectivity index (χ2v) is 6.60. The summed E-state index contributed by atoms with van der Waals surface area (Å²) in [5.74, 6) is 1.76. The van der Waals surface area contributed by atoms with Crippen molar-refractivity contribution in [3.63, 3.8) is 0 Å². The molecule has 1 aromatic carbocycles. The Kier molecular flexibility index (Phi) is 5.39. The molecule has 2 N–H and O–H groups in total. The number of carbonyl (C=O) groups is 1. The molecule has 2 saturated heterocycles. The van der Waals surface area contributed by atoms with E-state index in [-0.39, 0.29) is 11.9 Å². The van der Waals surface area contributed by atoms with E-state index in [1.165, 1.54) is 6.42 Å². The Morgan fingerprint density at radius 1 is 1.43 bits per heavy atom. The lowest BCUT2D eigenvalue weighted by atomic mass is 10.0. The van der Waals surface area contributed by atoms with Crippen LogP contribution >= 0.6 is 0 Å². The van der Waals surface area contributed by atoms with Crippen molar-refractivity contribution in [3.8, 4) is 5.75 Å². The van der Waals surface area contributed by atoms with Crippen molar-refractivity contribution in [2.75, 3.05) is 38.2 Å². The number of benzene rings is 1. The summed E-state index contributed by atoms with van der Waals surface area (Å²) in [6, 6.07) is 8.37. The predicted molar refractivity (Wildman–Crippen MR) is 92.0 cm³/mol. The van der Waals surface area contributed by atoms with Crippen LogP contribution in [0.4, 0.5) is 5.69 Å². The number of rotatable bonds is 6. The summed E-state index contributed by atoms with van der Waals surface area (Å²) < 4.78 is 5.28. The number of hydrogen-bond acceptors (Lipinski definition) is 4. The highest BCUT2D eigenvalue weighted by atomic mass is 16.5. The van der Waals surface area contributed by atoms with Crippen molar-refractivity contribution in [2.45, 2.75) is 31.7 Å². The van der Waals surface area contributed by atoms with E-state index in [0.717, 1.165) is 50.5 Å². The summed E-state index contributed by atoms with van der Waals surface area (Å²) in [5, 5.41) is 6.55. The zero-order valence-corrected chi connectivity index (χ0v) is 13.9. The highest BCUT2D eigenvalue weighted by Crippen LogP contribution is 2.24. The number of methoxy groups -OCH3 is 1. The van der Waals surface area contributed by atoms with Gasteiger partial charge in [-0.15, -0.1) is 0 Å². The minimum absolute atomic E-state index is 0.203. The lowest BCUT2D eigenvalue weighted by Crippen LogP contribution is -2.37. The van der Waals surface area contributed by atoms with Gasteiger partial charge in [-0.05, 0) is 50.4 Å². The Bertz CT molecular complexity index is 529. The van der Waals surface area contributed by atoms with Crippen molar-refractivity contribution in [2.24, 2.45) is 5.92 Å². The van der Waals surface area contributed by atoms with Crippen LogP contribution in [-0.4, -0.2) is 45.2 Å². The fraction of sp³-hybridized carbons (Fsp3) is 0.611. The SMILES string of the molecule is COc1cccc(N2CCC(NC(=O)CCC3CCNC3)C2)c1. The first kappa shape index (κ1) is 16.1. The molecule has 2 heterocycles. The predicted octanol–water partition coefficient (Wildman–Crippen LogP) is 1.78. The van der Waals surface area contributed by atoms with Gasteiger partial charge in [0.25, 0.3) is 0 Å². The monoisotopic (exact) mass is 317 g/mol. The largest absolute Gasteiger partial charge is 0.497 e. The third kappa shape index (κ3) is 4.38. The van der Waals surface area contributed by atoms with Gasteiger partial charge < -0.3 is 20.3 Å². The van der Waals surface area contributed by atoms with Gasteiger partial charge >= 0.3 is 0 Å². The maximum Gasteiger partial charge on any atom is 0.220 e. The van der Waals surface area contributed by atoms with E-state index in [1.54, 1.807) is 7.11 Å². The zero-order chi connectivity index (χ0) is 16.1. The van der Waals surface area contributed by atoms with Crippen molar-refractivity contribution in [1.82, 2.24) is 10.6 Å². The molecule has 0 aromatic heterocycles. The molecule has 0 radical (unpaired) electrons. The van der Waals surface area contributed by atoms with E-state index in [9.17, 15) is 4.79 Å². The smallest absolute Gasteiger partial charge is 0.220 e. The molecule has 2 unspecified atom stereocenters. The molecule has 2 aliphatic heterocycles. The number of nitrogens with zero attached hydrogens (tertiary/aromatic N) is 1. The van der Waals surface area contributed by atoms with E-state index in [4.69, 9.17) is 4.74 Å². The number of anilines is 1. The second-order valence-electron chi connectivity index (χ2n) is 6.60. The van der Waals surface area contributed by atoms with Gasteiger partial charge in [-0.25, -0.2) is 0 Å². The molecule has 0 bridgehead atoms. The van der Waals surface area contributed by atoms with Crippen molar-refractivity contribution in [3.05, 3.63) is 24.3 Å². The van der Waals surface area contributed by atoms with Gasteiger partial charge in [0.05, 0.1) is 7.11 Å². The number of amides is 1. The van der Waals surface area contributed by atoms with Gasteiger partial charge in [-0.2, -0.15) is 0 Å². The lowest BCUT2D eigenvalue weighted by Gasteiger charge is -2.20. The molecule has 2 fully saturated rings. The van der Waals surface area contributed by atoms with Crippen molar-refractivity contribution >= 4 is 11.6 Å². The zero-order valence-electron chi connectivity index (χ0n) is 13.9.